The number of benzene rings is 1. The van der Waals surface area contributed by atoms with Gasteiger partial charge in [0.1, 0.15) is 5.82 Å². The fourth-order valence-electron chi connectivity index (χ4n) is 1.12. The van der Waals surface area contributed by atoms with Gasteiger partial charge in [0.25, 0.3) is 0 Å². The summed E-state index contributed by atoms with van der Waals surface area (Å²) >= 11 is 12.3. The molecule has 0 saturated carbocycles. The van der Waals surface area contributed by atoms with Gasteiger partial charge >= 0.3 is 0 Å². The zero-order valence-corrected chi connectivity index (χ0v) is 10.9. The predicted octanol–water partition coefficient (Wildman–Crippen LogP) is 4.78. The summed E-state index contributed by atoms with van der Waals surface area (Å²) in [5, 5.41) is 0.306. The normalized spacial score (nSPS) is 13.0. The summed E-state index contributed by atoms with van der Waals surface area (Å²) in [7, 11) is 0. The second kappa shape index (κ2) is 4.76. The quantitative estimate of drug-likeness (QED) is 0.685. The maximum absolute atomic E-state index is 13.5. The van der Waals surface area contributed by atoms with Crippen LogP contribution in [0.1, 0.15) is 23.4 Å². The van der Waals surface area contributed by atoms with Crippen molar-refractivity contribution in [1.29, 1.82) is 0 Å². The monoisotopic (exact) mass is 328 g/mol. The van der Waals surface area contributed by atoms with Crippen molar-refractivity contribution in [2.45, 2.75) is 17.6 Å². The molecule has 1 rings (SSSR count). The van der Waals surface area contributed by atoms with Gasteiger partial charge in [-0.3, -0.25) is 0 Å². The lowest BCUT2D eigenvalue weighted by Crippen LogP contribution is -1.97. The zero-order chi connectivity index (χ0) is 10.0. The summed E-state index contributed by atoms with van der Waals surface area (Å²) in [6.45, 7) is 1.83. The second-order valence-electron chi connectivity index (χ2n) is 2.68. The van der Waals surface area contributed by atoms with Crippen LogP contribution in [0.25, 0.3) is 0 Å². The third-order valence-corrected chi connectivity index (χ3v) is 3.20. The van der Waals surface area contributed by atoms with Crippen LogP contribution in [0.4, 0.5) is 4.39 Å². The van der Waals surface area contributed by atoms with E-state index in [1.165, 1.54) is 0 Å². The van der Waals surface area contributed by atoms with E-state index >= 15 is 0 Å². The highest BCUT2D eigenvalue weighted by Crippen LogP contribution is 2.30. The first-order chi connectivity index (χ1) is 6.07. The number of hydrogen-bond acceptors (Lipinski definition) is 0. The molecule has 4 heteroatoms. The molecule has 1 aromatic rings. The SMILES string of the molecule is CC(Cl)c1ccc(Br)c(F)c1CBr. The molecule has 0 fully saturated rings. The summed E-state index contributed by atoms with van der Waals surface area (Å²) in [5.74, 6) is -0.234. The highest BCUT2D eigenvalue weighted by Gasteiger charge is 2.13. The van der Waals surface area contributed by atoms with E-state index in [-0.39, 0.29) is 11.2 Å². The highest BCUT2D eigenvalue weighted by molar-refractivity contribution is 9.10. The topological polar surface area (TPSA) is 0 Å². The lowest BCUT2D eigenvalue weighted by Gasteiger charge is -2.11. The van der Waals surface area contributed by atoms with Crippen LogP contribution in [-0.4, -0.2) is 0 Å². The van der Waals surface area contributed by atoms with Crippen LogP contribution in [0.5, 0.6) is 0 Å². The minimum absolute atomic E-state index is 0.171. The Hall–Kier alpha value is 0.400. The van der Waals surface area contributed by atoms with Crippen LogP contribution in [0.2, 0.25) is 0 Å². The highest BCUT2D eigenvalue weighted by atomic mass is 79.9. The molecule has 1 atom stereocenters. The van der Waals surface area contributed by atoms with Crippen LogP contribution in [0.3, 0.4) is 0 Å². The molecule has 0 N–H and O–H groups in total. The summed E-state index contributed by atoms with van der Waals surface area (Å²) in [6.07, 6.45) is 0. The molecule has 0 aromatic heterocycles. The van der Waals surface area contributed by atoms with Crippen LogP contribution in [0, 0.1) is 5.82 Å². The number of rotatable bonds is 2. The predicted molar refractivity (Wildman–Crippen MR) is 61.0 cm³/mol. The molecule has 0 heterocycles. The third-order valence-electron chi connectivity index (χ3n) is 1.79. The molecule has 72 valence electrons. The van der Waals surface area contributed by atoms with Crippen molar-refractivity contribution in [1.82, 2.24) is 0 Å². The van der Waals surface area contributed by atoms with Gasteiger partial charge in [0.2, 0.25) is 0 Å². The molecule has 0 bridgehead atoms. The third kappa shape index (κ3) is 2.45. The van der Waals surface area contributed by atoms with Crippen molar-refractivity contribution >= 4 is 43.5 Å². The van der Waals surface area contributed by atoms with E-state index in [0.717, 1.165) is 5.56 Å². The van der Waals surface area contributed by atoms with Crippen molar-refractivity contribution < 1.29 is 4.39 Å². The maximum atomic E-state index is 13.5. The van der Waals surface area contributed by atoms with Crippen LogP contribution in [-0.2, 0) is 5.33 Å². The molecular formula is C9H8Br2ClF. The fraction of sp³-hybridized carbons (Fsp3) is 0.333. The smallest absolute Gasteiger partial charge is 0.141 e. The van der Waals surface area contributed by atoms with E-state index in [1.54, 1.807) is 6.07 Å². The minimum Gasteiger partial charge on any atom is -0.205 e. The van der Waals surface area contributed by atoms with Crippen LogP contribution >= 0.6 is 43.5 Å². The molecule has 0 aliphatic rings. The summed E-state index contributed by atoms with van der Waals surface area (Å²) in [6, 6.07) is 3.51. The minimum atomic E-state index is -0.234. The summed E-state index contributed by atoms with van der Waals surface area (Å²) in [4.78, 5) is 0. The maximum Gasteiger partial charge on any atom is 0.141 e. The van der Waals surface area contributed by atoms with Crippen LogP contribution in [0.15, 0.2) is 16.6 Å². The van der Waals surface area contributed by atoms with E-state index in [1.807, 2.05) is 13.0 Å². The Morgan fingerprint density at radius 1 is 1.54 bits per heavy atom. The molecule has 0 radical (unpaired) electrons. The standard InChI is InChI=1S/C9H8Br2ClF/c1-5(12)6-2-3-8(11)9(13)7(6)4-10/h2-3,5H,4H2,1H3. The average molecular weight is 330 g/mol. The molecule has 1 aromatic carbocycles. The molecule has 1 unspecified atom stereocenters. The largest absolute Gasteiger partial charge is 0.205 e. The van der Waals surface area contributed by atoms with E-state index in [9.17, 15) is 4.39 Å². The van der Waals surface area contributed by atoms with Gasteiger partial charge in [-0.1, -0.05) is 22.0 Å². The van der Waals surface area contributed by atoms with Crippen LogP contribution < -0.4 is 0 Å². The van der Waals surface area contributed by atoms with E-state index in [0.29, 0.717) is 15.4 Å². The second-order valence-corrected chi connectivity index (χ2v) is 4.75. The Balaban J connectivity index is 3.30. The van der Waals surface area contributed by atoms with Crippen molar-refractivity contribution in [3.05, 3.63) is 33.5 Å². The lowest BCUT2D eigenvalue weighted by atomic mass is 10.1. The summed E-state index contributed by atoms with van der Waals surface area (Å²) in [5.41, 5.74) is 1.45. The first-order valence-electron chi connectivity index (χ1n) is 3.74. The first kappa shape index (κ1) is 11.5. The van der Waals surface area contributed by atoms with E-state index in [2.05, 4.69) is 31.9 Å². The fourth-order valence-corrected chi connectivity index (χ4v) is 2.26. The molecule has 0 amide bonds. The Bertz CT molecular complexity index is 313. The molecule has 0 spiro atoms. The number of halogens is 4. The van der Waals surface area contributed by atoms with Crippen molar-refractivity contribution in [2.75, 3.05) is 0 Å². The zero-order valence-electron chi connectivity index (χ0n) is 6.95. The van der Waals surface area contributed by atoms with Gasteiger partial charge < -0.3 is 0 Å². The van der Waals surface area contributed by atoms with Gasteiger partial charge in [0, 0.05) is 10.9 Å². The number of hydrogen-bond donors (Lipinski definition) is 0. The Morgan fingerprint density at radius 2 is 2.15 bits per heavy atom. The average Bonchev–Trinajstić information content (AvgIpc) is 2.09. The lowest BCUT2D eigenvalue weighted by molar-refractivity contribution is 0.607. The molecule has 13 heavy (non-hydrogen) atoms. The molecule has 0 saturated heterocycles. The van der Waals surface area contributed by atoms with Gasteiger partial charge in [0.15, 0.2) is 0 Å². The van der Waals surface area contributed by atoms with E-state index in [4.69, 9.17) is 11.6 Å². The molecule has 0 nitrogen and oxygen atoms in total. The Morgan fingerprint density at radius 3 is 2.62 bits per heavy atom. The van der Waals surface area contributed by atoms with Crippen molar-refractivity contribution in [3.8, 4) is 0 Å². The first-order valence-corrected chi connectivity index (χ1v) is 6.09. The van der Waals surface area contributed by atoms with Crippen molar-refractivity contribution in [2.24, 2.45) is 0 Å². The van der Waals surface area contributed by atoms with Gasteiger partial charge in [-0.15, -0.1) is 11.6 Å². The molecule has 0 aliphatic heterocycles. The number of alkyl halides is 2. The van der Waals surface area contributed by atoms with Gasteiger partial charge in [-0.25, -0.2) is 4.39 Å². The van der Waals surface area contributed by atoms with Gasteiger partial charge in [-0.05, 0) is 34.5 Å². The van der Waals surface area contributed by atoms with Gasteiger partial charge in [0.05, 0.1) is 9.85 Å². The molecular weight excluding hydrogens is 322 g/mol. The Kier molecular flexibility index (Phi) is 4.20. The Labute approximate surface area is 98.7 Å². The van der Waals surface area contributed by atoms with E-state index < -0.39 is 0 Å². The van der Waals surface area contributed by atoms with Gasteiger partial charge in [-0.2, -0.15) is 0 Å². The van der Waals surface area contributed by atoms with Crippen molar-refractivity contribution in [3.63, 3.8) is 0 Å². The summed E-state index contributed by atoms with van der Waals surface area (Å²) < 4.78 is 14.0. The molecule has 0 aliphatic carbocycles.